The molecule has 0 saturated carbocycles. The third-order valence-electron chi connectivity index (χ3n) is 4.30. The van der Waals surface area contributed by atoms with Gasteiger partial charge in [0.15, 0.2) is 0 Å². The van der Waals surface area contributed by atoms with Crippen LogP contribution in [0.1, 0.15) is 26.2 Å². The van der Waals surface area contributed by atoms with Crippen molar-refractivity contribution in [2.75, 3.05) is 38.7 Å². The number of ether oxygens (including phenoxy) is 1. The summed E-state index contributed by atoms with van der Waals surface area (Å²) in [6.07, 6.45) is 2.77. The van der Waals surface area contributed by atoms with E-state index in [1.165, 1.54) is 22.5 Å². The normalized spacial score (nSPS) is 17.0. The van der Waals surface area contributed by atoms with Gasteiger partial charge in [0.1, 0.15) is 0 Å². The van der Waals surface area contributed by atoms with Gasteiger partial charge in [-0.1, -0.05) is 18.0 Å². The van der Waals surface area contributed by atoms with Crippen LogP contribution in [-0.4, -0.2) is 58.0 Å². The van der Waals surface area contributed by atoms with Crippen molar-refractivity contribution in [3.8, 4) is 0 Å². The number of hydrogen-bond donors (Lipinski definition) is 2. The lowest BCUT2D eigenvalue weighted by Gasteiger charge is -2.26. The SMILES string of the molecule is COCCNC(C)C(=O)Nc1cc(S(=O)(=O)N2CCCCC2)ccc1Cl. The van der Waals surface area contributed by atoms with E-state index in [2.05, 4.69) is 10.6 Å². The molecule has 1 fully saturated rings. The second-order valence-electron chi connectivity index (χ2n) is 6.26. The minimum Gasteiger partial charge on any atom is -0.383 e. The number of anilines is 1. The van der Waals surface area contributed by atoms with E-state index in [1.54, 1.807) is 14.0 Å². The fourth-order valence-corrected chi connectivity index (χ4v) is 4.43. The predicted molar refractivity (Wildman–Crippen MR) is 102 cm³/mol. The van der Waals surface area contributed by atoms with Gasteiger partial charge in [-0.25, -0.2) is 8.42 Å². The van der Waals surface area contributed by atoms with E-state index in [9.17, 15) is 13.2 Å². The molecule has 1 unspecified atom stereocenters. The molecule has 1 aliphatic rings. The second kappa shape index (κ2) is 9.66. The van der Waals surface area contributed by atoms with E-state index in [4.69, 9.17) is 16.3 Å². The summed E-state index contributed by atoms with van der Waals surface area (Å²) in [7, 11) is -2.00. The molecule has 0 aromatic heterocycles. The first-order valence-corrected chi connectivity index (χ1v) is 10.5. The van der Waals surface area contributed by atoms with Crippen molar-refractivity contribution in [1.82, 2.24) is 9.62 Å². The Hall–Kier alpha value is -1.19. The Balaban J connectivity index is 2.12. The number of carbonyl (C=O) groups excluding carboxylic acids is 1. The Bertz CT molecular complexity index is 721. The molecule has 7 nitrogen and oxygen atoms in total. The molecule has 0 spiro atoms. The molecule has 0 aliphatic carbocycles. The first kappa shape index (κ1) is 21.1. The fourth-order valence-electron chi connectivity index (χ4n) is 2.73. The van der Waals surface area contributed by atoms with Crippen LogP contribution in [0, 0.1) is 0 Å². The fraction of sp³-hybridized carbons (Fsp3) is 0.588. The molecule has 1 saturated heterocycles. The minimum absolute atomic E-state index is 0.138. The summed E-state index contributed by atoms with van der Waals surface area (Å²) in [5.41, 5.74) is 0.287. The summed E-state index contributed by atoms with van der Waals surface area (Å²) >= 11 is 6.14. The van der Waals surface area contributed by atoms with Crippen LogP contribution in [0.15, 0.2) is 23.1 Å². The highest BCUT2D eigenvalue weighted by Gasteiger charge is 2.26. The van der Waals surface area contributed by atoms with Crippen LogP contribution in [0.3, 0.4) is 0 Å². The van der Waals surface area contributed by atoms with Crippen LogP contribution in [0.2, 0.25) is 5.02 Å². The van der Waals surface area contributed by atoms with Crippen LogP contribution in [0.4, 0.5) is 5.69 Å². The first-order valence-electron chi connectivity index (χ1n) is 8.69. The Labute approximate surface area is 160 Å². The van der Waals surface area contributed by atoms with E-state index >= 15 is 0 Å². The highest BCUT2D eigenvalue weighted by atomic mass is 35.5. The summed E-state index contributed by atoms with van der Waals surface area (Å²) in [6.45, 7) is 3.78. The molecule has 2 rings (SSSR count). The number of nitrogens with one attached hydrogen (secondary N) is 2. The van der Waals surface area contributed by atoms with Crippen molar-refractivity contribution in [2.24, 2.45) is 0 Å². The maximum Gasteiger partial charge on any atom is 0.243 e. The third-order valence-corrected chi connectivity index (χ3v) is 6.52. The number of piperidine rings is 1. The summed E-state index contributed by atoms with van der Waals surface area (Å²) in [5, 5.41) is 6.00. The van der Waals surface area contributed by atoms with E-state index < -0.39 is 16.1 Å². The molecule has 146 valence electrons. The van der Waals surface area contributed by atoms with E-state index in [-0.39, 0.29) is 16.5 Å². The van der Waals surface area contributed by atoms with Crippen molar-refractivity contribution in [1.29, 1.82) is 0 Å². The molecule has 1 aromatic carbocycles. The molecule has 2 N–H and O–H groups in total. The smallest absolute Gasteiger partial charge is 0.243 e. The highest BCUT2D eigenvalue weighted by molar-refractivity contribution is 7.89. The minimum atomic E-state index is -3.58. The monoisotopic (exact) mass is 403 g/mol. The van der Waals surface area contributed by atoms with Crippen LogP contribution >= 0.6 is 11.6 Å². The number of halogens is 1. The summed E-state index contributed by atoms with van der Waals surface area (Å²) in [5.74, 6) is -0.296. The Morgan fingerprint density at radius 3 is 2.65 bits per heavy atom. The van der Waals surface area contributed by atoms with Crippen molar-refractivity contribution < 1.29 is 17.9 Å². The largest absolute Gasteiger partial charge is 0.383 e. The molecule has 1 amide bonds. The molecule has 9 heteroatoms. The average molecular weight is 404 g/mol. The number of hydrogen-bond acceptors (Lipinski definition) is 5. The number of nitrogens with zero attached hydrogens (tertiary/aromatic N) is 1. The van der Waals surface area contributed by atoms with Crippen LogP contribution in [0.5, 0.6) is 0 Å². The predicted octanol–water partition coefficient (Wildman–Crippen LogP) is 2.08. The number of rotatable bonds is 8. The van der Waals surface area contributed by atoms with Gasteiger partial charge in [0, 0.05) is 26.7 Å². The molecule has 26 heavy (non-hydrogen) atoms. The lowest BCUT2D eigenvalue weighted by atomic mass is 10.2. The topological polar surface area (TPSA) is 87.7 Å². The van der Waals surface area contributed by atoms with Gasteiger partial charge in [0.2, 0.25) is 15.9 Å². The lowest BCUT2D eigenvalue weighted by Crippen LogP contribution is -2.39. The molecular weight excluding hydrogens is 378 g/mol. The quantitative estimate of drug-likeness (QED) is 0.649. The summed E-state index contributed by atoms with van der Waals surface area (Å²) in [4.78, 5) is 12.4. The van der Waals surface area contributed by atoms with Crippen molar-refractivity contribution in [3.05, 3.63) is 23.2 Å². The van der Waals surface area contributed by atoms with Crippen LogP contribution in [-0.2, 0) is 19.6 Å². The van der Waals surface area contributed by atoms with Gasteiger partial charge >= 0.3 is 0 Å². The van der Waals surface area contributed by atoms with Crippen molar-refractivity contribution in [3.63, 3.8) is 0 Å². The number of methoxy groups -OCH3 is 1. The van der Waals surface area contributed by atoms with Gasteiger partial charge in [-0.3, -0.25) is 4.79 Å². The molecule has 0 bridgehead atoms. The Morgan fingerprint density at radius 2 is 2.00 bits per heavy atom. The van der Waals surface area contributed by atoms with Crippen LogP contribution in [0.25, 0.3) is 0 Å². The zero-order valence-corrected chi connectivity index (χ0v) is 16.7. The van der Waals surface area contributed by atoms with Gasteiger partial charge in [-0.2, -0.15) is 4.31 Å². The Morgan fingerprint density at radius 1 is 1.31 bits per heavy atom. The number of sulfonamides is 1. The molecule has 0 radical (unpaired) electrons. The maximum atomic E-state index is 12.8. The van der Waals surface area contributed by atoms with Gasteiger partial charge < -0.3 is 15.4 Å². The third kappa shape index (κ3) is 5.40. The van der Waals surface area contributed by atoms with E-state index in [0.717, 1.165) is 19.3 Å². The lowest BCUT2D eigenvalue weighted by molar-refractivity contribution is -0.117. The van der Waals surface area contributed by atoms with Crippen molar-refractivity contribution >= 4 is 33.2 Å². The molecule has 1 aliphatic heterocycles. The van der Waals surface area contributed by atoms with Gasteiger partial charge in [0.05, 0.1) is 28.3 Å². The Kier molecular flexibility index (Phi) is 7.85. The molecule has 1 heterocycles. The van der Waals surface area contributed by atoms with Gasteiger partial charge in [-0.05, 0) is 38.0 Å². The highest BCUT2D eigenvalue weighted by Crippen LogP contribution is 2.28. The van der Waals surface area contributed by atoms with Crippen molar-refractivity contribution in [2.45, 2.75) is 37.1 Å². The molecule has 1 aromatic rings. The zero-order valence-electron chi connectivity index (χ0n) is 15.1. The van der Waals surface area contributed by atoms with Gasteiger partial charge in [-0.15, -0.1) is 0 Å². The standard InChI is InChI=1S/C17H26ClN3O4S/c1-13(19-8-11-25-2)17(22)20-16-12-14(6-7-15(16)18)26(23,24)21-9-4-3-5-10-21/h6-7,12-13,19H,3-5,8-11H2,1-2H3,(H,20,22). The van der Waals surface area contributed by atoms with Gasteiger partial charge in [0.25, 0.3) is 0 Å². The van der Waals surface area contributed by atoms with Crippen LogP contribution < -0.4 is 10.6 Å². The van der Waals surface area contributed by atoms with E-state index in [0.29, 0.717) is 31.3 Å². The molecule has 1 atom stereocenters. The zero-order chi connectivity index (χ0) is 19.2. The number of carbonyl (C=O) groups is 1. The number of benzene rings is 1. The first-order chi connectivity index (χ1) is 12.4. The summed E-state index contributed by atoms with van der Waals surface area (Å²) < 4.78 is 32.0. The number of amides is 1. The average Bonchev–Trinajstić information content (AvgIpc) is 2.64. The molecular formula is C17H26ClN3O4S. The summed E-state index contributed by atoms with van der Waals surface area (Å²) in [6, 6.07) is 3.93. The maximum absolute atomic E-state index is 12.8. The second-order valence-corrected chi connectivity index (χ2v) is 8.61. The van der Waals surface area contributed by atoms with E-state index in [1.807, 2.05) is 0 Å².